The largest absolute Gasteiger partial charge is 0.617 e. The quantitative estimate of drug-likeness (QED) is 0.134. The first-order chi connectivity index (χ1) is 20.0. The number of amides is 6. The molecule has 0 fully saturated rings. The van der Waals surface area contributed by atoms with Gasteiger partial charge in [0, 0.05) is 37.3 Å². The molecule has 1 aromatic carbocycles. The molecule has 0 aliphatic carbocycles. The lowest BCUT2D eigenvalue weighted by molar-refractivity contribution is -0.137. The molecule has 0 aromatic heterocycles. The van der Waals surface area contributed by atoms with Gasteiger partial charge in [0.2, 0.25) is 17.7 Å². The SMILES string of the molecule is CCN(CC[S+](C)[O-])C(=O)OCc1ccc(NC(=O)C(C)NC(=O)CNC(=O)CCCCCN2C(=O)C=CC2=O)cc1. The van der Waals surface area contributed by atoms with Crippen molar-refractivity contribution in [1.82, 2.24) is 20.4 Å². The number of carbonyl (C=O) groups is 6. The van der Waals surface area contributed by atoms with Crippen LogP contribution in [-0.4, -0.2) is 94.2 Å². The summed E-state index contributed by atoms with van der Waals surface area (Å²) in [7, 11) is 0. The highest BCUT2D eigenvalue weighted by molar-refractivity contribution is 7.90. The molecule has 0 radical (unpaired) electrons. The average molecular weight is 606 g/mol. The van der Waals surface area contributed by atoms with E-state index in [9.17, 15) is 33.3 Å². The number of anilines is 1. The van der Waals surface area contributed by atoms with E-state index in [-0.39, 0.29) is 37.3 Å². The summed E-state index contributed by atoms with van der Waals surface area (Å²) in [6.07, 6.45) is 5.49. The van der Waals surface area contributed by atoms with Gasteiger partial charge in [-0.1, -0.05) is 29.7 Å². The zero-order valence-electron chi connectivity index (χ0n) is 24.2. The minimum Gasteiger partial charge on any atom is -0.617 e. The molecule has 2 rings (SSSR count). The Balaban J connectivity index is 1.62. The molecule has 230 valence electrons. The van der Waals surface area contributed by atoms with E-state index in [1.54, 1.807) is 30.5 Å². The molecular formula is C28H39N5O8S. The summed E-state index contributed by atoms with van der Waals surface area (Å²) in [5.74, 6) is -1.58. The second kappa shape index (κ2) is 17.8. The summed E-state index contributed by atoms with van der Waals surface area (Å²) in [5.41, 5.74) is 1.20. The van der Waals surface area contributed by atoms with Gasteiger partial charge in [-0.3, -0.25) is 28.9 Å². The van der Waals surface area contributed by atoms with Crippen molar-refractivity contribution in [3.8, 4) is 0 Å². The topological polar surface area (TPSA) is 177 Å². The lowest BCUT2D eigenvalue weighted by Crippen LogP contribution is -2.45. The lowest BCUT2D eigenvalue weighted by Gasteiger charge is -2.20. The minimum absolute atomic E-state index is 0.0370. The van der Waals surface area contributed by atoms with Gasteiger partial charge >= 0.3 is 6.09 Å². The first-order valence-electron chi connectivity index (χ1n) is 13.7. The molecule has 3 N–H and O–H groups in total. The third kappa shape index (κ3) is 12.3. The third-order valence-corrected chi connectivity index (χ3v) is 7.03. The first kappa shape index (κ1) is 34.3. The summed E-state index contributed by atoms with van der Waals surface area (Å²) >= 11 is -1.01. The number of carbonyl (C=O) groups excluding carboxylic acids is 6. The number of hydrogen-bond donors (Lipinski definition) is 3. The maximum Gasteiger partial charge on any atom is 0.410 e. The van der Waals surface area contributed by atoms with E-state index in [0.717, 1.165) is 4.90 Å². The standard InChI is InChI=1S/C28H39N5O8S/c1-4-32(16-17-42(3)40)28(39)41-19-21-9-11-22(12-10-21)31-27(38)20(2)30-24(35)18-29-23(34)8-6-5-7-15-33-25(36)13-14-26(33)37/h9-14,20H,4-8,15-19H2,1-3H3,(H,29,34)(H,30,35)(H,31,38). The van der Waals surface area contributed by atoms with Crippen molar-refractivity contribution in [3.63, 3.8) is 0 Å². The molecule has 1 aliphatic rings. The second-order valence-corrected chi connectivity index (χ2v) is 11.2. The van der Waals surface area contributed by atoms with E-state index >= 15 is 0 Å². The van der Waals surface area contributed by atoms with Crippen molar-refractivity contribution >= 4 is 52.5 Å². The number of benzene rings is 1. The fourth-order valence-corrected chi connectivity index (χ4v) is 4.27. The van der Waals surface area contributed by atoms with Gasteiger partial charge in [-0.05, 0) is 44.4 Å². The third-order valence-electron chi connectivity index (χ3n) is 6.28. The Bertz CT molecular complexity index is 1120. The van der Waals surface area contributed by atoms with Crippen LogP contribution in [0.15, 0.2) is 36.4 Å². The molecule has 42 heavy (non-hydrogen) atoms. The van der Waals surface area contributed by atoms with Crippen LogP contribution in [0.1, 0.15) is 45.1 Å². The van der Waals surface area contributed by atoms with Crippen molar-refractivity contribution < 1.29 is 38.1 Å². The van der Waals surface area contributed by atoms with E-state index in [1.165, 1.54) is 24.0 Å². The van der Waals surface area contributed by atoms with Crippen LogP contribution < -0.4 is 16.0 Å². The zero-order valence-corrected chi connectivity index (χ0v) is 25.0. The van der Waals surface area contributed by atoms with Gasteiger partial charge in [-0.25, -0.2) is 4.79 Å². The molecule has 2 atom stereocenters. The van der Waals surface area contributed by atoms with Crippen LogP contribution in [0.2, 0.25) is 0 Å². The van der Waals surface area contributed by atoms with Gasteiger partial charge in [0.15, 0.2) is 0 Å². The van der Waals surface area contributed by atoms with Crippen LogP contribution in [0.3, 0.4) is 0 Å². The number of nitrogens with zero attached hydrogens (tertiary/aromatic N) is 2. The maximum absolute atomic E-state index is 12.5. The summed E-state index contributed by atoms with van der Waals surface area (Å²) in [6, 6.07) is 5.82. The summed E-state index contributed by atoms with van der Waals surface area (Å²) in [6.45, 7) is 4.17. The van der Waals surface area contributed by atoms with Gasteiger partial charge in [-0.15, -0.1) is 0 Å². The highest BCUT2D eigenvalue weighted by Crippen LogP contribution is 2.12. The Kier molecular flexibility index (Phi) is 14.5. The molecule has 0 bridgehead atoms. The number of ether oxygens (including phenoxy) is 1. The number of hydrogen-bond acceptors (Lipinski definition) is 8. The van der Waals surface area contributed by atoms with Crippen molar-refractivity contribution in [1.29, 1.82) is 0 Å². The zero-order chi connectivity index (χ0) is 31.1. The number of rotatable bonds is 17. The molecule has 13 nitrogen and oxygen atoms in total. The van der Waals surface area contributed by atoms with E-state index in [0.29, 0.717) is 55.9 Å². The number of unbranched alkanes of at least 4 members (excludes halogenated alkanes) is 2. The molecule has 0 saturated heterocycles. The number of nitrogens with one attached hydrogen (secondary N) is 3. The van der Waals surface area contributed by atoms with Crippen LogP contribution in [0, 0.1) is 0 Å². The normalized spacial score (nSPS) is 13.9. The smallest absolute Gasteiger partial charge is 0.410 e. The Morgan fingerprint density at radius 2 is 1.69 bits per heavy atom. The van der Waals surface area contributed by atoms with E-state index in [4.69, 9.17) is 4.74 Å². The Labute approximate surface area is 248 Å². The molecule has 1 heterocycles. The fraction of sp³-hybridized carbons (Fsp3) is 0.500. The second-order valence-electron chi connectivity index (χ2n) is 9.64. The molecule has 6 amide bonds. The van der Waals surface area contributed by atoms with Crippen LogP contribution in [-0.2, 0) is 46.5 Å². The molecule has 0 saturated carbocycles. The monoisotopic (exact) mass is 605 g/mol. The number of imide groups is 1. The highest BCUT2D eigenvalue weighted by Gasteiger charge is 2.22. The van der Waals surface area contributed by atoms with Gasteiger partial charge < -0.3 is 30.1 Å². The van der Waals surface area contributed by atoms with Crippen molar-refractivity contribution in [2.75, 3.05) is 43.5 Å². The summed E-state index contributed by atoms with van der Waals surface area (Å²) in [4.78, 5) is 74.5. The molecule has 2 unspecified atom stereocenters. The molecular weight excluding hydrogens is 566 g/mol. The predicted molar refractivity (Wildman–Crippen MR) is 156 cm³/mol. The predicted octanol–water partition coefficient (Wildman–Crippen LogP) is 1.07. The maximum atomic E-state index is 12.5. The van der Waals surface area contributed by atoms with Crippen LogP contribution >= 0.6 is 0 Å². The van der Waals surface area contributed by atoms with Crippen LogP contribution in [0.5, 0.6) is 0 Å². The lowest BCUT2D eigenvalue weighted by atomic mass is 10.2. The van der Waals surface area contributed by atoms with Crippen LogP contribution in [0.25, 0.3) is 0 Å². The van der Waals surface area contributed by atoms with E-state index in [1.807, 2.05) is 6.92 Å². The van der Waals surface area contributed by atoms with E-state index in [2.05, 4.69) is 16.0 Å². The van der Waals surface area contributed by atoms with Crippen LogP contribution in [0.4, 0.5) is 10.5 Å². The molecule has 1 aromatic rings. The van der Waals surface area contributed by atoms with E-state index < -0.39 is 35.1 Å². The van der Waals surface area contributed by atoms with Gasteiger partial charge in [-0.2, -0.15) is 0 Å². The van der Waals surface area contributed by atoms with Crippen molar-refractivity contribution in [2.45, 2.75) is 52.2 Å². The first-order valence-corrected chi connectivity index (χ1v) is 15.4. The van der Waals surface area contributed by atoms with Gasteiger partial charge in [0.05, 0.1) is 19.3 Å². The Morgan fingerprint density at radius 3 is 2.31 bits per heavy atom. The summed E-state index contributed by atoms with van der Waals surface area (Å²) in [5, 5.41) is 7.72. The molecule has 0 spiro atoms. The average Bonchev–Trinajstić information content (AvgIpc) is 3.27. The molecule has 14 heteroatoms. The minimum atomic E-state index is -1.01. The van der Waals surface area contributed by atoms with Crippen molar-refractivity contribution in [2.24, 2.45) is 0 Å². The highest BCUT2D eigenvalue weighted by atomic mass is 32.2. The van der Waals surface area contributed by atoms with Gasteiger partial charge in [0.25, 0.3) is 11.8 Å². The fourth-order valence-electron chi connectivity index (χ4n) is 3.80. The Hall–Kier alpha value is -3.91. The Morgan fingerprint density at radius 1 is 1.02 bits per heavy atom. The van der Waals surface area contributed by atoms with Gasteiger partial charge in [0.1, 0.15) is 18.4 Å². The summed E-state index contributed by atoms with van der Waals surface area (Å²) < 4.78 is 16.6. The molecule has 1 aliphatic heterocycles. The van der Waals surface area contributed by atoms with Crippen molar-refractivity contribution in [3.05, 3.63) is 42.0 Å².